The van der Waals surface area contributed by atoms with Crippen molar-refractivity contribution in [2.45, 2.75) is 33.0 Å². The summed E-state index contributed by atoms with van der Waals surface area (Å²) in [6, 6.07) is 0. The van der Waals surface area contributed by atoms with Crippen LogP contribution in [-0.4, -0.2) is 23.0 Å². The predicted octanol–water partition coefficient (Wildman–Crippen LogP) is 0.308. The van der Waals surface area contributed by atoms with Crippen molar-refractivity contribution < 1.29 is 10.2 Å². The second kappa shape index (κ2) is 5.52. The van der Waals surface area contributed by atoms with Crippen molar-refractivity contribution in [2.24, 2.45) is 17.6 Å². The molecule has 1 unspecified atom stereocenters. The molecule has 0 aromatic rings. The summed E-state index contributed by atoms with van der Waals surface area (Å²) >= 11 is 0. The summed E-state index contributed by atoms with van der Waals surface area (Å²) in [7, 11) is 0. The standard InChI is InChI=1S/C8H19NO2/c1-6(2)3-7(5-9)4-8(10)11/h6-8,10-11H,3-5,9H2,1-2H3. The van der Waals surface area contributed by atoms with Crippen LogP contribution in [0.3, 0.4) is 0 Å². The highest BCUT2D eigenvalue weighted by Gasteiger charge is 2.12. The van der Waals surface area contributed by atoms with Gasteiger partial charge in [0.1, 0.15) is 0 Å². The minimum absolute atomic E-state index is 0.245. The third-order valence-corrected chi connectivity index (χ3v) is 1.68. The Bertz CT molecular complexity index is 84.1. The van der Waals surface area contributed by atoms with Crippen LogP contribution >= 0.6 is 0 Å². The number of hydrogen-bond acceptors (Lipinski definition) is 3. The van der Waals surface area contributed by atoms with Crippen LogP contribution in [0, 0.1) is 11.8 Å². The number of hydrogen-bond donors (Lipinski definition) is 3. The van der Waals surface area contributed by atoms with Crippen molar-refractivity contribution in [3.63, 3.8) is 0 Å². The molecule has 0 aromatic carbocycles. The normalized spacial score (nSPS) is 14.5. The zero-order valence-corrected chi connectivity index (χ0v) is 7.33. The summed E-state index contributed by atoms with van der Waals surface area (Å²) in [5.41, 5.74) is 5.45. The molecular weight excluding hydrogens is 142 g/mol. The van der Waals surface area contributed by atoms with Crippen LogP contribution < -0.4 is 5.73 Å². The van der Waals surface area contributed by atoms with Crippen molar-refractivity contribution in [3.8, 4) is 0 Å². The van der Waals surface area contributed by atoms with E-state index in [1.807, 2.05) is 0 Å². The zero-order valence-electron chi connectivity index (χ0n) is 7.33. The van der Waals surface area contributed by atoms with Gasteiger partial charge >= 0.3 is 0 Å². The SMILES string of the molecule is CC(C)CC(CN)CC(O)O. The van der Waals surface area contributed by atoms with E-state index in [9.17, 15) is 0 Å². The van der Waals surface area contributed by atoms with Gasteiger partial charge in [-0.15, -0.1) is 0 Å². The van der Waals surface area contributed by atoms with Gasteiger partial charge in [0.15, 0.2) is 6.29 Å². The molecule has 11 heavy (non-hydrogen) atoms. The van der Waals surface area contributed by atoms with Crippen molar-refractivity contribution in [2.75, 3.05) is 6.54 Å². The first-order chi connectivity index (χ1) is 5.06. The quantitative estimate of drug-likeness (QED) is 0.508. The van der Waals surface area contributed by atoms with Crippen molar-refractivity contribution >= 4 is 0 Å². The molecule has 4 N–H and O–H groups in total. The van der Waals surface area contributed by atoms with E-state index < -0.39 is 6.29 Å². The van der Waals surface area contributed by atoms with Crippen molar-refractivity contribution in [1.82, 2.24) is 0 Å². The molecule has 0 aliphatic rings. The summed E-state index contributed by atoms with van der Waals surface area (Å²) in [5.74, 6) is 0.817. The van der Waals surface area contributed by atoms with E-state index in [0.29, 0.717) is 18.9 Å². The molecule has 1 atom stereocenters. The van der Waals surface area contributed by atoms with Gasteiger partial charge in [-0.1, -0.05) is 13.8 Å². The van der Waals surface area contributed by atoms with E-state index in [1.54, 1.807) is 0 Å². The highest BCUT2D eigenvalue weighted by Crippen LogP contribution is 2.14. The largest absolute Gasteiger partial charge is 0.368 e. The van der Waals surface area contributed by atoms with Crippen LogP contribution in [0.2, 0.25) is 0 Å². The van der Waals surface area contributed by atoms with Crippen molar-refractivity contribution in [3.05, 3.63) is 0 Å². The Morgan fingerprint density at radius 3 is 2.00 bits per heavy atom. The summed E-state index contributed by atoms with van der Waals surface area (Å²) in [5, 5.41) is 17.3. The van der Waals surface area contributed by atoms with Crippen LogP contribution in [0.1, 0.15) is 26.7 Å². The molecule has 3 heteroatoms. The van der Waals surface area contributed by atoms with E-state index in [0.717, 1.165) is 6.42 Å². The lowest BCUT2D eigenvalue weighted by atomic mass is 9.94. The topological polar surface area (TPSA) is 66.5 Å². The Hall–Kier alpha value is -0.120. The van der Waals surface area contributed by atoms with E-state index in [-0.39, 0.29) is 5.92 Å². The van der Waals surface area contributed by atoms with Gasteiger partial charge in [-0.25, -0.2) is 0 Å². The maximum absolute atomic E-state index is 8.67. The van der Waals surface area contributed by atoms with Gasteiger partial charge in [0.05, 0.1) is 0 Å². The maximum atomic E-state index is 8.67. The Balaban J connectivity index is 3.58. The number of rotatable bonds is 5. The Morgan fingerprint density at radius 1 is 1.18 bits per heavy atom. The minimum Gasteiger partial charge on any atom is -0.368 e. The summed E-state index contributed by atoms with van der Waals surface area (Å²) in [6.07, 6.45) is 0.158. The van der Waals surface area contributed by atoms with Gasteiger partial charge in [0.2, 0.25) is 0 Å². The third-order valence-electron chi connectivity index (χ3n) is 1.68. The lowest BCUT2D eigenvalue weighted by Crippen LogP contribution is -2.21. The molecule has 0 fully saturated rings. The lowest BCUT2D eigenvalue weighted by molar-refractivity contribution is -0.0566. The molecule has 0 saturated carbocycles. The molecule has 0 rings (SSSR count). The first-order valence-corrected chi connectivity index (χ1v) is 4.12. The molecule has 0 saturated heterocycles. The van der Waals surface area contributed by atoms with E-state index in [4.69, 9.17) is 15.9 Å². The molecule has 0 spiro atoms. The molecule has 0 amide bonds. The second-order valence-electron chi connectivity index (χ2n) is 3.45. The van der Waals surface area contributed by atoms with E-state index in [2.05, 4.69) is 13.8 Å². The van der Waals surface area contributed by atoms with Crippen LogP contribution in [0.4, 0.5) is 0 Å². The average molecular weight is 161 g/mol. The fourth-order valence-electron chi connectivity index (χ4n) is 1.25. The van der Waals surface area contributed by atoms with E-state index >= 15 is 0 Å². The van der Waals surface area contributed by atoms with Gasteiger partial charge in [0.25, 0.3) is 0 Å². The monoisotopic (exact) mass is 161 g/mol. The number of aliphatic hydroxyl groups is 2. The van der Waals surface area contributed by atoms with E-state index in [1.165, 1.54) is 0 Å². The summed E-state index contributed by atoms with van der Waals surface area (Å²) < 4.78 is 0. The smallest absolute Gasteiger partial charge is 0.151 e. The van der Waals surface area contributed by atoms with Crippen LogP contribution in [0.25, 0.3) is 0 Å². The zero-order chi connectivity index (χ0) is 8.85. The molecule has 0 radical (unpaired) electrons. The first-order valence-electron chi connectivity index (χ1n) is 4.12. The fourth-order valence-corrected chi connectivity index (χ4v) is 1.25. The Labute approximate surface area is 68.2 Å². The highest BCUT2D eigenvalue weighted by atomic mass is 16.5. The van der Waals surface area contributed by atoms with Gasteiger partial charge in [-0.2, -0.15) is 0 Å². The van der Waals surface area contributed by atoms with Crippen LogP contribution in [0.5, 0.6) is 0 Å². The van der Waals surface area contributed by atoms with Crippen molar-refractivity contribution in [1.29, 1.82) is 0 Å². The average Bonchev–Trinajstić information content (AvgIpc) is 1.84. The van der Waals surface area contributed by atoms with Gasteiger partial charge < -0.3 is 15.9 Å². The van der Waals surface area contributed by atoms with Gasteiger partial charge in [0, 0.05) is 6.42 Å². The minimum atomic E-state index is -1.21. The Kier molecular flexibility index (Phi) is 5.46. The maximum Gasteiger partial charge on any atom is 0.151 e. The molecule has 0 aliphatic carbocycles. The summed E-state index contributed by atoms with van der Waals surface area (Å²) in [6.45, 7) is 4.74. The molecule has 3 nitrogen and oxygen atoms in total. The number of aliphatic hydroxyl groups excluding tert-OH is 1. The van der Waals surface area contributed by atoms with Crippen LogP contribution in [-0.2, 0) is 0 Å². The van der Waals surface area contributed by atoms with Gasteiger partial charge in [-0.05, 0) is 24.8 Å². The number of nitrogens with two attached hydrogens (primary N) is 1. The molecular formula is C8H19NO2. The molecule has 0 aliphatic heterocycles. The molecule has 0 bridgehead atoms. The van der Waals surface area contributed by atoms with Crippen LogP contribution in [0.15, 0.2) is 0 Å². The second-order valence-corrected chi connectivity index (χ2v) is 3.45. The third kappa shape index (κ3) is 6.28. The lowest BCUT2D eigenvalue weighted by Gasteiger charge is -2.17. The predicted molar refractivity (Wildman–Crippen MR) is 44.8 cm³/mol. The Morgan fingerprint density at radius 2 is 1.73 bits per heavy atom. The van der Waals surface area contributed by atoms with Gasteiger partial charge in [-0.3, -0.25) is 0 Å². The molecule has 0 aromatic heterocycles. The molecule has 0 heterocycles. The highest BCUT2D eigenvalue weighted by molar-refractivity contribution is 4.62. The fraction of sp³-hybridized carbons (Fsp3) is 1.00. The molecule has 68 valence electrons. The summed E-state index contributed by atoms with van der Waals surface area (Å²) in [4.78, 5) is 0. The first kappa shape index (κ1) is 10.9.